The van der Waals surface area contributed by atoms with E-state index in [0.717, 1.165) is 12.2 Å². The van der Waals surface area contributed by atoms with Gasteiger partial charge in [-0.2, -0.15) is 5.26 Å². The number of nitriles is 1. The Balaban J connectivity index is 2.56. The van der Waals surface area contributed by atoms with Gasteiger partial charge in [-0.25, -0.2) is 0 Å². The number of amides is 1. The second-order valence-electron chi connectivity index (χ2n) is 3.55. The summed E-state index contributed by atoms with van der Waals surface area (Å²) in [4.78, 5) is 13.4. The Bertz CT molecular complexity index is 352. The maximum atomic E-state index is 11.8. The maximum absolute atomic E-state index is 11.8. The summed E-state index contributed by atoms with van der Waals surface area (Å²) in [5.74, 6) is 0.830. The molecule has 4 heteroatoms. The van der Waals surface area contributed by atoms with Gasteiger partial charge in [-0.3, -0.25) is 4.79 Å². The zero-order chi connectivity index (χ0) is 11.8. The van der Waals surface area contributed by atoms with Crippen molar-refractivity contribution >= 4 is 5.91 Å². The highest BCUT2D eigenvalue weighted by molar-refractivity contribution is 5.76. The topological polar surface area (TPSA) is 57.2 Å². The maximum Gasteiger partial charge on any atom is 0.222 e. The molecule has 0 aromatic carbocycles. The molecule has 0 bridgehead atoms. The number of carbonyl (C=O) groups is 1. The SMILES string of the molecule is CCCC(=O)N(CCC#N)Cc1ccco1. The fourth-order valence-corrected chi connectivity index (χ4v) is 1.44. The molecule has 86 valence electrons. The van der Waals surface area contributed by atoms with Crippen LogP contribution in [0, 0.1) is 11.3 Å². The van der Waals surface area contributed by atoms with Gasteiger partial charge in [-0.15, -0.1) is 0 Å². The number of hydrogen-bond acceptors (Lipinski definition) is 3. The summed E-state index contributed by atoms with van der Waals surface area (Å²) >= 11 is 0. The van der Waals surface area contributed by atoms with Crippen LogP contribution in [-0.2, 0) is 11.3 Å². The van der Waals surface area contributed by atoms with Crippen LogP contribution >= 0.6 is 0 Å². The van der Waals surface area contributed by atoms with E-state index in [9.17, 15) is 4.79 Å². The molecule has 1 aromatic heterocycles. The number of nitrogens with zero attached hydrogens (tertiary/aromatic N) is 2. The van der Waals surface area contributed by atoms with E-state index in [4.69, 9.17) is 9.68 Å². The number of rotatable bonds is 6. The molecule has 0 unspecified atom stereocenters. The molecule has 0 aliphatic rings. The molecule has 0 saturated carbocycles. The van der Waals surface area contributed by atoms with Gasteiger partial charge in [-0.1, -0.05) is 6.92 Å². The smallest absolute Gasteiger partial charge is 0.222 e. The molecule has 0 radical (unpaired) electrons. The lowest BCUT2D eigenvalue weighted by Gasteiger charge is -2.20. The first-order valence-corrected chi connectivity index (χ1v) is 5.45. The second kappa shape index (κ2) is 6.67. The van der Waals surface area contributed by atoms with Gasteiger partial charge in [0, 0.05) is 13.0 Å². The molecule has 16 heavy (non-hydrogen) atoms. The molecule has 0 N–H and O–H groups in total. The molecular weight excluding hydrogens is 204 g/mol. The molecule has 0 atom stereocenters. The highest BCUT2D eigenvalue weighted by atomic mass is 16.3. The van der Waals surface area contributed by atoms with Crippen molar-refractivity contribution in [1.29, 1.82) is 5.26 Å². The first kappa shape index (κ1) is 12.3. The Hall–Kier alpha value is -1.76. The minimum atomic E-state index is 0.0779. The third-order valence-electron chi connectivity index (χ3n) is 2.24. The van der Waals surface area contributed by atoms with Crippen molar-refractivity contribution in [2.45, 2.75) is 32.7 Å². The summed E-state index contributed by atoms with van der Waals surface area (Å²) in [7, 11) is 0. The van der Waals surface area contributed by atoms with E-state index in [0.29, 0.717) is 25.9 Å². The highest BCUT2D eigenvalue weighted by Gasteiger charge is 2.13. The average Bonchev–Trinajstić information content (AvgIpc) is 2.77. The largest absolute Gasteiger partial charge is 0.467 e. The van der Waals surface area contributed by atoms with Gasteiger partial charge in [0.2, 0.25) is 5.91 Å². The van der Waals surface area contributed by atoms with Crippen molar-refractivity contribution in [3.63, 3.8) is 0 Å². The molecule has 1 heterocycles. The van der Waals surface area contributed by atoms with Crippen molar-refractivity contribution in [2.75, 3.05) is 6.54 Å². The Kier molecular flexibility index (Phi) is 5.13. The minimum absolute atomic E-state index is 0.0779. The predicted octanol–water partition coefficient (Wildman–Crippen LogP) is 2.32. The molecule has 1 aromatic rings. The monoisotopic (exact) mass is 220 g/mol. The van der Waals surface area contributed by atoms with Gasteiger partial charge in [0.05, 0.1) is 25.3 Å². The van der Waals surface area contributed by atoms with Gasteiger partial charge >= 0.3 is 0 Å². The Labute approximate surface area is 95.5 Å². The second-order valence-corrected chi connectivity index (χ2v) is 3.55. The molecule has 1 rings (SSSR count). The first-order chi connectivity index (χ1) is 7.77. The van der Waals surface area contributed by atoms with Crippen LogP contribution in [0.4, 0.5) is 0 Å². The fraction of sp³-hybridized carbons (Fsp3) is 0.500. The van der Waals surface area contributed by atoms with Crippen LogP contribution in [0.15, 0.2) is 22.8 Å². The molecule has 1 amide bonds. The lowest BCUT2D eigenvalue weighted by Crippen LogP contribution is -2.30. The Morgan fingerprint density at radius 3 is 3.00 bits per heavy atom. The summed E-state index contributed by atoms with van der Waals surface area (Å²) in [5, 5.41) is 8.54. The summed E-state index contributed by atoms with van der Waals surface area (Å²) in [6.07, 6.45) is 3.28. The van der Waals surface area contributed by atoms with E-state index < -0.39 is 0 Å². The predicted molar refractivity (Wildman–Crippen MR) is 59.3 cm³/mol. The molecule has 0 aliphatic heterocycles. The molecule has 4 nitrogen and oxygen atoms in total. The van der Waals surface area contributed by atoms with Gasteiger partial charge < -0.3 is 9.32 Å². The summed E-state index contributed by atoms with van der Waals surface area (Å²) in [6, 6.07) is 5.68. The molecular formula is C12H16N2O2. The van der Waals surface area contributed by atoms with Crippen molar-refractivity contribution in [3.05, 3.63) is 24.2 Å². The van der Waals surface area contributed by atoms with E-state index in [1.54, 1.807) is 17.2 Å². The van der Waals surface area contributed by atoms with E-state index >= 15 is 0 Å². The van der Waals surface area contributed by atoms with Gasteiger partial charge in [0.15, 0.2) is 0 Å². The van der Waals surface area contributed by atoms with Crippen LogP contribution in [0.3, 0.4) is 0 Å². The number of carbonyl (C=O) groups excluding carboxylic acids is 1. The molecule has 0 spiro atoms. The molecule has 0 fully saturated rings. The van der Waals surface area contributed by atoms with Crippen LogP contribution < -0.4 is 0 Å². The van der Waals surface area contributed by atoms with Crippen molar-refractivity contribution in [1.82, 2.24) is 4.90 Å². The third-order valence-corrected chi connectivity index (χ3v) is 2.24. The zero-order valence-corrected chi connectivity index (χ0v) is 9.48. The lowest BCUT2D eigenvalue weighted by molar-refractivity contribution is -0.132. The standard InChI is InChI=1S/C12H16N2O2/c1-2-5-12(15)14(8-4-7-13)10-11-6-3-9-16-11/h3,6,9H,2,4-5,8,10H2,1H3. The molecule has 0 saturated heterocycles. The first-order valence-electron chi connectivity index (χ1n) is 5.45. The zero-order valence-electron chi connectivity index (χ0n) is 9.48. The fourth-order valence-electron chi connectivity index (χ4n) is 1.44. The number of furan rings is 1. The minimum Gasteiger partial charge on any atom is -0.467 e. The third kappa shape index (κ3) is 3.77. The lowest BCUT2D eigenvalue weighted by atomic mass is 10.2. The van der Waals surface area contributed by atoms with Crippen LogP contribution in [-0.4, -0.2) is 17.4 Å². The van der Waals surface area contributed by atoms with Crippen molar-refractivity contribution in [3.8, 4) is 6.07 Å². The van der Waals surface area contributed by atoms with Gasteiger partial charge in [0.25, 0.3) is 0 Å². The van der Waals surface area contributed by atoms with Crippen LogP contribution in [0.25, 0.3) is 0 Å². The van der Waals surface area contributed by atoms with Crippen LogP contribution in [0.1, 0.15) is 31.9 Å². The summed E-state index contributed by atoms with van der Waals surface area (Å²) < 4.78 is 5.20. The van der Waals surface area contributed by atoms with Crippen LogP contribution in [0.2, 0.25) is 0 Å². The highest BCUT2D eigenvalue weighted by Crippen LogP contribution is 2.08. The van der Waals surface area contributed by atoms with E-state index in [1.165, 1.54) is 0 Å². The van der Waals surface area contributed by atoms with Crippen LogP contribution in [0.5, 0.6) is 0 Å². The Morgan fingerprint density at radius 1 is 1.62 bits per heavy atom. The van der Waals surface area contributed by atoms with Gasteiger partial charge in [-0.05, 0) is 18.6 Å². The Morgan fingerprint density at radius 2 is 2.44 bits per heavy atom. The quantitative estimate of drug-likeness (QED) is 0.739. The summed E-state index contributed by atoms with van der Waals surface area (Å²) in [5.41, 5.74) is 0. The van der Waals surface area contributed by atoms with E-state index in [-0.39, 0.29) is 5.91 Å². The number of hydrogen-bond donors (Lipinski definition) is 0. The normalized spacial score (nSPS) is 9.75. The van der Waals surface area contributed by atoms with Crippen molar-refractivity contribution < 1.29 is 9.21 Å². The van der Waals surface area contributed by atoms with E-state index in [1.807, 2.05) is 13.0 Å². The summed E-state index contributed by atoms with van der Waals surface area (Å²) in [6.45, 7) is 2.89. The average molecular weight is 220 g/mol. The van der Waals surface area contributed by atoms with Gasteiger partial charge in [0.1, 0.15) is 5.76 Å². The molecule has 0 aliphatic carbocycles. The van der Waals surface area contributed by atoms with Crippen molar-refractivity contribution in [2.24, 2.45) is 0 Å². The van der Waals surface area contributed by atoms with E-state index in [2.05, 4.69) is 6.07 Å².